The summed E-state index contributed by atoms with van der Waals surface area (Å²) in [4.78, 5) is 26.7. The number of carbonyl (C=O) groups excluding carboxylic acids is 2. The molecule has 3 aliphatic rings. The lowest BCUT2D eigenvalue weighted by molar-refractivity contribution is -0.0904. The Labute approximate surface area is 228 Å². The van der Waals surface area contributed by atoms with Crippen LogP contribution in [0.1, 0.15) is 66.6 Å². The van der Waals surface area contributed by atoms with Crippen LogP contribution in [0.15, 0.2) is 103 Å². The van der Waals surface area contributed by atoms with Crippen molar-refractivity contribution in [2.45, 2.75) is 35.9 Å². The van der Waals surface area contributed by atoms with Crippen molar-refractivity contribution >= 4 is 34.5 Å². The van der Waals surface area contributed by atoms with E-state index in [0.717, 1.165) is 3.57 Å². The number of carbonyl (C=O) groups is 2. The topological polar surface area (TPSA) is 52.6 Å². The van der Waals surface area contributed by atoms with Gasteiger partial charge in [0.25, 0.3) is 0 Å². The predicted molar refractivity (Wildman–Crippen MR) is 148 cm³/mol. The minimum Gasteiger partial charge on any atom is -0.454 e. The first-order valence-electron chi connectivity index (χ1n) is 12.5. The number of hydrogen-bond acceptors (Lipinski definition) is 4. The second-order valence-electron chi connectivity index (χ2n) is 9.95. The maximum Gasteiger partial charge on any atom is 0.338 e. The fourth-order valence-corrected chi connectivity index (χ4v) is 7.56. The molecule has 0 spiro atoms. The van der Waals surface area contributed by atoms with Crippen LogP contribution in [0.4, 0.5) is 0 Å². The maximum atomic E-state index is 13.4. The van der Waals surface area contributed by atoms with Crippen LogP contribution in [0.5, 0.6) is 0 Å². The van der Waals surface area contributed by atoms with Crippen LogP contribution in [0, 0.1) is 3.57 Å². The molecule has 0 aromatic heterocycles. The van der Waals surface area contributed by atoms with Gasteiger partial charge in [0.05, 0.1) is 11.1 Å². The minimum atomic E-state index is -0.594. The Balaban J connectivity index is 1.34. The highest BCUT2D eigenvalue weighted by atomic mass is 127. The van der Waals surface area contributed by atoms with Crippen LogP contribution in [-0.4, -0.2) is 24.1 Å². The Kier molecular flexibility index (Phi) is 5.43. The van der Waals surface area contributed by atoms with Gasteiger partial charge >= 0.3 is 11.9 Å². The highest BCUT2D eigenvalue weighted by Gasteiger charge is 2.64. The van der Waals surface area contributed by atoms with Crippen molar-refractivity contribution in [3.8, 4) is 0 Å². The number of rotatable bonds is 4. The molecular weight excluding hydrogens is 575 g/mol. The highest BCUT2D eigenvalue weighted by Crippen LogP contribution is 2.70. The summed E-state index contributed by atoms with van der Waals surface area (Å²) in [6.07, 6.45) is -1.19. The van der Waals surface area contributed by atoms with Crippen molar-refractivity contribution in [1.29, 1.82) is 0 Å². The van der Waals surface area contributed by atoms with Crippen molar-refractivity contribution < 1.29 is 19.1 Å². The number of benzene rings is 4. The molecule has 7 rings (SSSR count). The van der Waals surface area contributed by atoms with Crippen molar-refractivity contribution in [1.82, 2.24) is 0 Å². The maximum absolute atomic E-state index is 13.4. The van der Waals surface area contributed by atoms with Gasteiger partial charge < -0.3 is 9.47 Å². The summed E-state index contributed by atoms with van der Waals surface area (Å²) >= 11 is 2.37. The molecule has 1 saturated carbocycles. The van der Waals surface area contributed by atoms with E-state index < -0.39 is 24.1 Å². The van der Waals surface area contributed by atoms with Crippen molar-refractivity contribution in [3.05, 3.63) is 140 Å². The molecule has 0 radical (unpaired) electrons. The summed E-state index contributed by atoms with van der Waals surface area (Å²) in [5.41, 5.74) is 5.99. The molecule has 3 aliphatic carbocycles. The van der Waals surface area contributed by atoms with Gasteiger partial charge in [-0.3, -0.25) is 0 Å². The summed E-state index contributed by atoms with van der Waals surface area (Å²) in [5, 5.41) is 0. The number of ether oxygens (including phenoxy) is 2. The van der Waals surface area contributed by atoms with E-state index in [9.17, 15) is 9.59 Å². The highest BCUT2D eigenvalue weighted by molar-refractivity contribution is 14.1. The van der Waals surface area contributed by atoms with Gasteiger partial charge in [0.15, 0.2) is 0 Å². The second kappa shape index (κ2) is 8.84. The average Bonchev–Trinajstić information content (AvgIpc) is 2.92. The molecule has 0 amide bonds. The number of hydrogen-bond donors (Lipinski definition) is 0. The number of esters is 2. The first-order valence-corrected chi connectivity index (χ1v) is 13.6. The lowest BCUT2D eigenvalue weighted by Crippen LogP contribution is -2.58. The lowest BCUT2D eigenvalue weighted by atomic mass is 9.45. The van der Waals surface area contributed by atoms with Crippen LogP contribution >= 0.6 is 22.6 Å². The third-order valence-corrected chi connectivity index (χ3v) is 9.13. The number of halogens is 1. The van der Waals surface area contributed by atoms with Gasteiger partial charge in [0.1, 0.15) is 12.2 Å². The van der Waals surface area contributed by atoms with Crippen LogP contribution in [0.3, 0.4) is 0 Å². The zero-order valence-electron chi connectivity index (χ0n) is 19.8. The molecule has 4 unspecified atom stereocenters. The van der Waals surface area contributed by atoms with Crippen LogP contribution in [-0.2, 0) is 9.47 Å². The van der Waals surface area contributed by atoms with Crippen molar-refractivity contribution in [3.63, 3.8) is 0 Å². The van der Waals surface area contributed by atoms with E-state index in [0.29, 0.717) is 11.1 Å². The normalized spacial score (nSPS) is 26.2. The van der Waals surface area contributed by atoms with Gasteiger partial charge in [-0.15, -0.1) is 0 Å². The molecule has 0 bridgehead atoms. The molecule has 0 saturated heterocycles. The largest absolute Gasteiger partial charge is 0.454 e. The monoisotopic (exact) mass is 598 g/mol. The van der Waals surface area contributed by atoms with E-state index in [1.165, 1.54) is 22.3 Å². The van der Waals surface area contributed by atoms with Crippen LogP contribution in [0.25, 0.3) is 0 Å². The third-order valence-electron chi connectivity index (χ3n) is 8.19. The Bertz CT molecular complexity index is 1520. The van der Waals surface area contributed by atoms with Crippen molar-refractivity contribution in [2.75, 3.05) is 0 Å². The first-order chi connectivity index (χ1) is 18.1. The summed E-state index contributed by atoms with van der Waals surface area (Å²) in [5.74, 6) is -0.438. The molecular formula is C32H23IO4. The Hall–Kier alpha value is -3.45. The molecule has 0 heterocycles. The van der Waals surface area contributed by atoms with Gasteiger partial charge in [-0.2, -0.15) is 0 Å². The van der Waals surface area contributed by atoms with Gasteiger partial charge in [0, 0.05) is 27.2 Å². The summed E-state index contributed by atoms with van der Waals surface area (Å²) in [6.45, 7) is 0. The fraction of sp³-hybridized carbons (Fsp3) is 0.188. The quantitative estimate of drug-likeness (QED) is 0.191. The standard InChI is InChI=1S/C32H23IO4/c33-23-17-9-16-22-24(23)28-26(22)25-20-14-7-8-15-21(20)27(25)29(36-31(34)18-10-3-1-4-11-18)30(28)37-32(35)19-12-5-2-6-13-19/h1-17,25-30H/t25-,26+,27?,28?,29?,30?/m1/s1. The molecule has 0 N–H and O–H groups in total. The van der Waals surface area contributed by atoms with Crippen molar-refractivity contribution in [2.24, 2.45) is 0 Å². The molecule has 182 valence electrons. The Morgan fingerprint density at radius 1 is 0.514 bits per heavy atom. The van der Waals surface area contributed by atoms with E-state index in [2.05, 4.69) is 59.0 Å². The Morgan fingerprint density at radius 3 is 1.57 bits per heavy atom. The Morgan fingerprint density at radius 2 is 0.973 bits per heavy atom. The van der Waals surface area contributed by atoms with Gasteiger partial charge in [-0.25, -0.2) is 9.59 Å². The lowest BCUT2D eigenvalue weighted by Gasteiger charge is -2.61. The summed E-state index contributed by atoms with van der Waals surface area (Å²) < 4.78 is 13.8. The van der Waals surface area contributed by atoms with E-state index in [1.807, 2.05) is 42.5 Å². The molecule has 4 aromatic rings. The van der Waals surface area contributed by atoms with Crippen LogP contribution in [0.2, 0.25) is 0 Å². The van der Waals surface area contributed by atoms with E-state index in [-0.39, 0.29) is 23.7 Å². The second-order valence-corrected chi connectivity index (χ2v) is 11.1. The summed E-state index contributed by atoms with van der Waals surface area (Å²) in [6, 6.07) is 32.9. The summed E-state index contributed by atoms with van der Waals surface area (Å²) in [7, 11) is 0. The predicted octanol–water partition coefficient (Wildman–Crippen LogP) is 6.82. The van der Waals surface area contributed by atoms with Crippen LogP contribution < -0.4 is 0 Å². The average molecular weight is 598 g/mol. The zero-order chi connectivity index (χ0) is 25.1. The molecule has 1 fully saturated rings. The van der Waals surface area contributed by atoms with Gasteiger partial charge in [0.2, 0.25) is 0 Å². The molecule has 4 aromatic carbocycles. The van der Waals surface area contributed by atoms with E-state index in [4.69, 9.17) is 9.47 Å². The third kappa shape index (κ3) is 3.47. The minimum absolute atomic E-state index is 0.0373. The molecule has 6 atom stereocenters. The number of fused-ring (bicyclic) bond motifs is 9. The first kappa shape index (κ1) is 22.7. The smallest absolute Gasteiger partial charge is 0.338 e. The molecule has 0 aliphatic heterocycles. The molecule has 5 heteroatoms. The van der Waals surface area contributed by atoms with Gasteiger partial charge in [-0.05, 0) is 75.2 Å². The molecule has 4 nitrogen and oxygen atoms in total. The SMILES string of the molecule is O=C(OC1C(OC(=O)c2ccccc2)C2c3ccccc3[C@@H]2[C@@H]2c3cccc(I)c3C12)c1ccccc1. The zero-order valence-corrected chi connectivity index (χ0v) is 21.9. The van der Waals surface area contributed by atoms with Gasteiger partial charge in [-0.1, -0.05) is 72.8 Å². The molecule has 37 heavy (non-hydrogen) atoms. The van der Waals surface area contributed by atoms with E-state index >= 15 is 0 Å². The fourth-order valence-electron chi connectivity index (χ4n) is 6.69. The van der Waals surface area contributed by atoms with E-state index in [1.54, 1.807) is 24.3 Å².